The normalized spacial score (nSPS) is 10.5. The van der Waals surface area contributed by atoms with Crippen molar-refractivity contribution in [3.05, 3.63) is 23.3 Å². The van der Waals surface area contributed by atoms with E-state index < -0.39 is 0 Å². The smallest absolute Gasteiger partial charge is 0.0443 e. The van der Waals surface area contributed by atoms with Crippen LogP contribution in [0, 0.1) is 13.8 Å². The van der Waals surface area contributed by atoms with Gasteiger partial charge in [0.2, 0.25) is 0 Å². The molecule has 0 radical (unpaired) electrons. The maximum atomic E-state index is 7.99. The molecule has 0 aromatic rings. The lowest BCUT2D eigenvalue weighted by atomic mass is 10.3. The third kappa shape index (κ3) is 2.29. The Morgan fingerprint density at radius 3 is 2.15 bits per heavy atom. The molecule has 0 aromatic heterocycles. The second-order valence-corrected chi connectivity index (χ2v) is 3.30. The van der Waals surface area contributed by atoms with Crippen molar-refractivity contribution in [2.24, 2.45) is 5.73 Å². The summed E-state index contributed by atoms with van der Waals surface area (Å²) in [5, 5.41) is 7.99. The van der Waals surface area contributed by atoms with Crippen molar-refractivity contribution in [1.29, 1.82) is 0 Å². The van der Waals surface area contributed by atoms with E-state index in [2.05, 4.69) is 26.0 Å². The van der Waals surface area contributed by atoms with Crippen molar-refractivity contribution >= 4 is 0 Å². The number of rotatable bonds is 2. The fourth-order valence-corrected chi connectivity index (χ4v) is 1.40. The van der Waals surface area contributed by atoms with Gasteiger partial charge in [0.25, 0.3) is 0 Å². The van der Waals surface area contributed by atoms with Crippen LogP contribution < -0.4 is 5.73 Å². The summed E-state index contributed by atoms with van der Waals surface area (Å²) in [5.74, 6) is 0. The molecule has 2 rings (SSSR count). The van der Waals surface area contributed by atoms with Gasteiger partial charge in [-0.05, 0) is 49.1 Å². The average Bonchev–Trinajstić information content (AvgIpc) is 2.55. The van der Waals surface area contributed by atoms with Gasteiger partial charge in [0.15, 0.2) is 0 Å². The number of aliphatic hydroxyl groups is 1. The lowest BCUT2D eigenvalue weighted by Crippen LogP contribution is -1.99. The van der Waals surface area contributed by atoms with E-state index in [0.29, 0.717) is 6.54 Å². The molecule has 2 heteroatoms. The minimum Gasteiger partial charge on any atom is -0.396 e. The molecule has 72 valence electrons. The molecule has 0 aromatic carbocycles. The molecule has 0 fully saturated rings. The average molecular weight is 179 g/mol. The number of fused-ring (bicyclic) bond motifs is 1. The van der Waals surface area contributed by atoms with Gasteiger partial charge in [-0.2, -0.15) is 0 Å². The predicted octanol–water partition coefficient (Wildman–Crippen LogP) is 1.61. The van der Waals surface area contributed by atoms with Gasteiger partial charge in [0.1, 0.15) is 0 Å². The van der Waals surface area contributed by atoms with E-state index in [9.17, 15) is 0 Å². The van der Waals surface area contributed by atoms with E-state index in [-0.39, 0.29) is 6.61 Å². The molecule has 3 N–H and O–H groups in total. The second-order valence-electron chi connectivity index (χ2n) is 3.30. The minimum absolute atomic E-state index is 0.219. The number of hydrogen-bond acceptors (Lipinski definition) is 2. The fraction of sp³-hybridized carbons (Fsp3) is 0.455. The highest BCUT2D eigenvalue weighted by molar-refractivity contribution is 5.91. The first-order valence-electron chi connectivity index (χ1n) is 4.64. The molecule has 2 nitrogen and oxygen atoms in total. The minimum atomic E-state index is 0.219. The van der Waals surface area contributed by atoms with Crippen LogP contribution in [0.4, 0.5) is 0 Å². The molecular formula is C11H17NO. The zero-order chi connectivity index (χ0) is 9.84. The zero-order valence-electron chi connectivity index (χ0n) is 8.30. The molecule has 0 amide bonds. The van der Waals surface area contributed by atoms with E-state index in [0.717, 1.165) is 6.42 Å². The Labute approximate surface area is 79.4 Å². The summed E-state index contributed by atoms with van der Waals surface area (Å²) in [5.41, 5.74) is 10.9. The Morgan fingerprint density at radius 2 is 2.00 bits per heavy atom. The molecule has 0 saturated carbocycles. The molecule has 0 atom stereocenters. The van der Waals surface area contributed by atoms with E-state index >= 15 is 0 Å². The summed E-state index contributed by atoms with van der Waals surface area (Å²) in [4.78, 5) is 0. The van der Waals surface area contributed by atoms with Gasteiger partial charge < -0.3 is 10.8 Å². The Morgan fingerprint density at radius 1 is 1.31 bits per heavy atom. The van der Waals surface area contributed by atoms with Crippen LogP contribution in [0.3, 0.4) is 0 Å². The van der Waals surface area contributed by atoms with Crippen molar-refractivity contribution in [2.75, 3.05) is 13.2 Å². The third-order valence-corrected chi connectivity index (χ3v) is 2.24. The summed E-state index contributed by atoms with van der Waals surface area (Å²) < 4.78 is 0. The number of nitrogens with two attached hydrogens (primary N) is 1. The van der Waals surface area contributed by atoms with Gasteiger partial charge in [-0.25, -0.2) is 0 Å². The van der Waals surface area contributed by atoms with Crippen molar-refractivity contribution < 1.29 is 5.11 Å². The van der Waals surface area contributed by atoms with Crippen LogP contribution in [-0.4, -0.2) is 18.3 Å². The van der Waals surface area contributed by atoms with E-state index in [1.165, 1.54) is 22.3 Å². The molecule has 13 heavy (non-hydrogen) atoms. The van der Waals surface area contributed by atoms with Gasteiger partial charge in [0, 0.05) is 6.61 Å². The Balaban J connectivity index is 0.000000149. The molecule has 0 heterocycles. The largest absolute Gasteiger partial charge is 0.396 e. The summed E-state index contributed by atoms with van der Waals surface area (Å²) >= 11 is 0. The summed E-state index contributed by atoms with van der Waals surface area (Å²) in [6, 6.07) is 4.37. The van der Waals surface area contributed by atoms with Crippen LogP contribution in [0.1, 0.15) is 17.5 Å². The highest BCUT2D eigenvalue weighted by Crippen LogP contribution is 2.44. The maximum absolute atomic E-state index is 7.99. The van der Waals surface area contributed by atoms with Gasteiger partial charge >= 0.3 is 0 Å². The number of aliphatic hydroxyl groups excluding tert-OH is 1. The Hall–Kier alpha value is -0.860. The standard InChI is InChI=1S/C8H8.C3H9NO/c1-5-3-4-7-6(2)8(5)7;4-2-1-3-5/h3-4H,1-2H3;5H,1-4H2. The van der Waals surface area contributed by atoms with Crippen LogP contribution >= 0.6 is 0 Å². The highest BCUT2D eigenvalue weighted by atomic mass is 16.2. The van der Waals surface area contributed by atoms with Crippen LogP contribution in [0.5, 0.6) is 0 Å². The first-order valence-corrected chi connectivity index (χ1v) is 4.64. The lowest BCUT2D eigenvalue weighted by Gasteiger charge is -1.80. The molecule has 0 bridgehead atoms. The zero-order valence-corrected chi connectivity index (χ0v) is 8.30. The molecule has 2 aliphatic rings. The van der Waals surface area contributed by atoms with Gasteiger partial charge in [-0.1, -0.05) is 12.1 Å². The SMILES string of the molecule is Cc1ccc2c(C)c1-2.NCCCO. The quantitative estimate of drug-likeness (QED) is 0.735. The molecule has 2 aliphatic carbocycles. The van der Waals surface area contributed by atoms with Crippen LogP contribution in [0.2, 0.25) is 0 Å². The van der Waals surface area contributed by atoms with Gasteiger partial charge in [0.05, 0.1) is 0 Å². The number of benzene rings is 1. The van der Waals surface area contributed by atoms with Crippen molar-refractivity contribution in [1.82, 2.24) is 0 Å². The van der Waals surface area contributed by atoms with Crippen molar-refractivity contribution in [3.63, 3.8) is 0 Å². The van der Waals surface area contributed by atoms with Crippen LogP contribution in [-0.2, 0) is 0 Å². The van der Waals surface area contributed by atoms with Crippen LogP contribution in [0.15, 0.2) is 12.1 Å². The Bertz CT molecular complexity index is 292. The first-order chi connectivity index (χ1) is 6.22. The predicted molar refractivity (Wildman–Crippen MR) is 55.7 cm³/mol. The molecule has 0 spiro atoms. The second kappa shape index (κ2) is 4.40. The fourth-order valence-electron chi connectivity index (χ4n) is 1.40. The maximum Gasteiger partial charge on any atom is 0.0443 e. The number of aryl methyl sites for hydroxylation is 2. The van der Waals surface area contributed by atoms with Gasteiger partial charge in [-0.3, -0.25) is 0 Å². The topological polar surface area (TPSA) is 46.2 Å². The molecule has 0 unspecified atom stereocenters. The molecule has 0 saturated heterocycles. The number of hydrogen-bond donors (Lipinski definition) is 2. The molecule has 0 aliphatic heterocycles. The third-order valence-electron chi connectivity index (χ3n) is 2.24. The van der Waals surface area contributed by atoms with Gasteiger partial charge in [-0.15, -0.1) is 0 Å². The summed E-state index contributed by atoms with van der Waals surface area (Å²) in [7, 11) is 0. The highest BCUT2D eigenvalue weighted by Gasteiger charge is 2.21. The first kappa shape index (κ1) is 10.2. The van der Waals surface area contributed by atoms with E-state index in [4.69, 9.17) is 10.8 Å². The van der Waals surface area contributed by atoms with Crippen molar-refractivity contribution in [3.8, 4) is 11.1 Å². The van der Waals surface area contributed by atoms with Crippen molar-refractivity contribution in [2.45, 2.75) is 20.3 Å². The van der Waals surface area contributed by atoms with E-state index in [1.807, 2.05) is 0 Å². The van der Waals surface area contributed by atoms with Crippen LogP contribution in [0.25, 0.3) is 11.1 Å². The lowest BCUT2D eigenvalue weighted by molar-refractivity contribution is 0.291. The summed E-state index contributed by atoms with van der Waals surface area (Å²) in [6.07, 6.45) is 0.722. The molecular weight excluding hydrogens is 162 g/mol. The summed E-state index contributed by atoms with van der Waals surface area (Å²) in [6.45, 7) is 5.15. The monoisotopic (exact) mass is 179 g/mol. The van der Waals surface area contributed by atoms with E-state index in [1.54, 1.807) is 0 Å². The Kier molecular flexibility index (Phi) is 3.46.